The van der Waals surface area contributed by atoms with Gasteiger partial charge in [-0.2, -0.15) is 5.26 Å². The Morgan fingerprint density at radius 1 is 1.04 bits per heavy atom. The number of aryl methyl sites for hydroxylation is 2. The monoisotopic (exact) mass is 351 g/mol. The fourth-order valence-electron chi connectivity index (χ4n) is 3.23. The summed E-state index contributed by atoms with van der Waals surface area (Å²) in [6.45, 7) is 4.03. The number of rotatable bonds is 2. The molecule has 0 radical (unpaired) electrons. The van der Waals surface area contributed by atoms with Crippen LogP contribution in [0.25, 0.3) is 22.2 Å². The predicted molar refractivity (Wildman–Crippen MR) is 106 cm³/mol. The van der Waals surface area contributed by atoms with E-state index in [0.717, 1.165) is 33.3 Å². The van der Waals surface area contributed by atoms with Crippen LogP contribution in [0, 0.1) is 25.2 Å². The van der Waals surface area contributed by atoms with Crippen molar-refractivity contribution in [3.63, 3.8) is 0 Å². The first-order valence-corrected chi connectivity index (χ1v) is 8.66. The first-order valence-electron chi connectivity index (χ1n) is 8.66. The maximum atomic E-state index is 13.4. The van der Waals surface area contributed by atoms with Crippen molar-refractivity contribution in [2.45, 2.75) is 13.8 Å². The molecule has 0 aliphatic carbocycles. The number of nitrogens with zero attached hydrogens (tertiary/aromatic N) is 3. The highest BCUT2D eigenvalue weighted by Crippen LogP contribution is 2.29. The third-order valence-electron chi connectivity index (χ3n) is 4.84. The van der Waals surface area contributed by atoms with Crippen LogP contribution in [0.2, 0.25) is 0 Å². The Kier molecular flexibility index (Phi) is 4.06. The SMILES string of the molecule is Cc1ccc(C(=O)n2c(-c3cccnc3)cc3cc(C#N)ccc32)cc1C. The lowest BCUT2D eigenvalue weighted by Gasteiger charge is -2.11. The fraction of sp³-hybridized carbons (Fsp3) is 0.0870. The molecular weight excluding hydrogens is 334 g/mol. The summed E-state index contributed by atoms with van der Waals surface area (Å²) >= 11 is 0. The van der Waals surface area contributed by atoms with Crippen molar-refractivity contribution in [3.8, 4) is 17.3 Å². The molecule has 0 aliphatic heterocycles. The van der Waals surface area contributed by atoms with E-state index in [4.69, 9.17) is 0 Å². The molecule has 0 saturated carbocycles. The Morgan fingerprint density at radius 2 is 1.89 bits per heavy atom. The summed E-state index contributed by atoms with van der Waals surface area (Å²) in [4.78, 5) is 17.6. The molecule has 2 aromatic heterocycles. The molecule has 0 atom stereocenters. The number of hydrogen-bond donors (Lipinski definition) is 0. The Balaban J connectivity index is 1.98. The van der Waals surface area contributed by atoms with E-state index in [-0.39, 0.29) is 5.91 Å². The minimum Gasteiger partial charge on any atom is -0.276 e. The molecular formula is C23H17N3O. The highest BCUT2D eigenvalue weighted by molar-refractivity contribution is 6.06. The summed E-state index contributed by atoms with van der Waals surface area (Å²) in [6, 6.07) is 19.0. The smallest absolute Gasteiger partial charge is 0.262 e. The lowest BCUT2D eigenvalue weighted by Crippen LogP contribution is -2.13. The number of nitriles is 1. The van der Waals surface area contributed by atoms with Crippen LogP contribution in [0.4, 0.5) is 0 Å². The molecule has 0 saturated heterocycles. The van der Waals surface area contributed by atoms with Gasteiger partial charge in [0.1, 0.15) is 0 Å². The molecule has 4 heteroatoms. The number of aromatic nitrogens is 2. The molecule has 0 aliphatic rings. The first-order chi connectivity index (χ1) is 13.1. The lowest BCUT2D eigenvalue weighted by atomic mass is 10.1. The zero-order chi connectivity index (χ0) is 19.0. The largest absolute Gasteiger partial charge is 0.276 e. The van der Waals surface area contributed by atoms with E-state index in [0.29, 0.717) is 11.1 Å². The molecule has 4 aromatic rings. The van der Waals surface area contributed by atoms with E-state index in [2.05, 4.69) is 11.1 Å². The Labute approximate surface area is 157 Å². The standard InChI is InChI=1S/C23H17N3O/c1-15-5-7-18(10-16(15)2)23(27)26-21-8-6-17(13-24)11-20(21)12-22(26)19-4-3-9-25-14-19/h3-12,14H,1-2H3. The number of benzene rings is 2. The van der Waals surface area contributed by atoms with Gasteiger partial charge in [-0.15, -0.1) is 0 Å². The van der Waals surface area contributed by atoms with Crippen molar-refractivity contribution >= 4 is 16.8 Å². The van der Waals surface area contributed by atoms with Crippen molar-refractivity contribution in [1.82, 2.24) is 9.55 Å². The van der Waals surface area contributed by atoms with Crippen molar-refractivity contribution in [3.05, 3.63) is 89.2 Å². The highest BCUT2D eigenvalue weighted by Gasteiger charge is 2.19. The third kappa shape index (κ3) is 2.90. The van der Waals surface area contributed by atoms with Crippen LogP contribution in [-0.4, -0.2) is 15.5 Å². The van der Waals surface area contributed by atoms with Crippen molar-refractivity contribution in [2.75, 3.05) is 0 Å². The zero-order valence-electron chi connectivity index (χ0n) is 15.1. The molecule has 0 spiro atoms. The summed E-state index contributed by atoms with van der Waals surface area (Å²) in [7, 11) is 0. The molecule has 27 heavy (non-hydrogen) atoms. The van der Waals surface area contributed by atoms with Gasteiger partial charge < -0.3 is 0 Å². The first kappa shape index (κ1) is 16.7. The minimum absolute atomic E-state index is 0.100. The van der Waals surface area contributed by atoms with E-state index in [9.17, 15) is 10.1 Å². The van der Waals surface area contributed by atoms with Gasteiger partial charge in [-0.3, -0.25) is 14.3 Å². The second-order valence-electron chi connectivity index (χ2n) is 6.60. The van der Waals surface area contributed by atoms with Crippen molar-refractivity contribution in [2.24, 2.45) is 0 Å². The van der Waals surface area contributed by atoms with Gasteiger partial charge in [-0.05, 0) is 73.5 Å². The van der Waals surface area contributed by atoms with Crippen LogP contribution >= 0.6 is 0 Å². The van der Waals surface area contributed by atoms with Crippen molar-refractivity contribution < 1.29 is 4.79 Å². The number of pyridine rings is 1. The molecule has 0 unspecified atom stereocenters. The number of carbonyl (C=O) groups excluding carboxylic acids is 1. The van der Waals surface area contributed by atoms with Gasteiger partial charge in [0.25, 0.3) is 5.91 Å². The second kappa shape index (κ2) is 6.54. The molecule has 2 aromatic carbocycles. The molecule has 0 amide bonds. The summed E-state index contributed by atoms with van der Waals surface area (Å²) in [6.07, 6.45) is 3.44. The Morgan fingerprint density at radius 3 is 2.59 bits per heavy atom. The van der Waals surface area contributed by atoms with E-state index in [1.807, 2.05) is 56.3 Å². The third-order valence-corrected chi connectivity index (χ3v) is 4.84. The molecule has 0 bridgehead atoms. The van der Waals surface area contributed by atoms with Gasteiger partial charge in [0.05, 0.1) is 22.8 Å². The Hall–Kier alpha value is -3.71. The molecule has 4 rings (SSSR count). The van der Waals surface area contributed by atoms with Crippen molar-refractivity contribution in [1.29, 1.82) is 5.26 Å². The fourth-order valence-corrected chi connectivity index (χ4v) is 3.23. The van der Waals surface area contributed by atoms with Gasteiger partial charge in [0.2, 0.25) is 0 Å². The number of fused-ring (bicyclic) bond motifs is 1. The van der Waals surface area contributed by atoms with Crippen LogP contribution in [-0.2, 0) is 0 Å². The van der Waals surface area contributed by atoms with Gasteiger partial charge in [0.15, 0.2) is 0 Å². The van der Waals surface area contributed by atoms with Crippen LogP contribution in [0.15, 0.2) is 67.0 Å². The summed E-state index contributed by atoms with van der Waals surface area (Å²) in [5.41, 5.74) is 5.81. The van der Waals surface area contributed by atoms with Crippen LogP contribution in [0.5, 0.6) is 0 Å². The van der Waals surface area contributed by atoms with Crippen LogP contribution in [0.1, 0.15) is 27.0 Å². The predicted octanol–water partition coefficient (Wildman–Crippen LogP) is 4.88. The van der Waals surface area contributed by atoms with Gasteiger partial charge in [-0.25, -0.2) is 0 Å². The molecule has 4 nitrogen and oxygen atoms in total. The molecule has 0 fully saturated rings. The molecule has 2 heterocycles. The minimum atomic E-state index is -0.100. The highest BCUT2D eigenvalue weighted by atomic mass is 16.2. The van der Waals surface area contributed by atoms with Gasteiger partial charge >= 0.3 is 0 Å². The maximum Gasteiger partial charge on any atom is 0.262 e. The van der Waals surface area contributed by atoms with E-state index in [1.165, 1.54) is 0 Å². The summed E-state index contributed by atoms with van der Waals surface area (Å²) < 4.78 is 1.71. The number of hydrogen-bond acceptors (Lipinski definition) is 3. The van der Waals surface area contributed by atoms with E-state index >= 15 is 0 Å². The van der Waals surface area contributed by atoms with Crippen LogP contribution in [0.3, 0.4) is 0 Å². The lowest BCUT2D eigenvalue weighted by molar-refractivity contribution is 0.0966. The second-order valence-corrected chi connectivity index (χ2v) is 6.60. The van der Waals surface area contributed by atoms with Gasteiger partial charge in [-0.1, -0.05) is 6.07 Å². The maximum absolute atomic E-state index is 13.4. The van der Waals surface area contributed by atoms with E-state index in [1.54, 1.807) is 29.1 Å². The van der Waals surface area contributed by atoms with Crippen LogP contribution < -0.4 is 0 Å². The zero-order valence-corrected chi connectivity index (χ0v) is 15.1. The topological polar surface area (TPSA) is 58.7 Å². The quantitative estimate of drug-likeness (QED) is 0.517. The molecule has 130 valence electrons. The summed E-state index contributed by atoms with van der Waals surface area (Å²) in [5.74, 6) is -0.100. The number of carbonyl (C=O) groups is 1. The summed E-state index contributed by atoms with van der Waals surface area (Å²) in [5, 5.41) is 10.1. The average Bonchev–Trinajstić information content (AvgIpc) is 3.08. The van der Waals surface area contributed by atoms with E-state index < -0.39 is 0 Å². The molecule has 0 N–H and O–H groups in total. The Bertz CT molecular complexity index is 1210. The normalized spacial score (nSPS) is 10.7. The van der Waals surface area contributed by atoms with Gasteiger partial charge in [0, 0.05) is 28.9 Å². The average molecular weight is 351 g/mol.